The molecule has 0 aromatic rings. The third-order valence-electron chi connectivity index (χ3n) is 1.65. The Bertz CT molecular complexity index is 127. The number of hydrogen-bond acceptors (Lipinski definition) is 0. The van der Waals surface area contributed by atoms with Gasteiger partial charge in [0.15, 0.2) is 0 Å². The van der Waals surface area contributed by atoms with Crippen LogP contribution in [0.1, 0.15) is 34.1 Å². The molecule has 0 heteroatoms. The lowest BCUT2D eigenvalue weighted by Gasteiger charge is -2.06. The molecule has 0 amide bonds. The smallest absolute Gasteiger partial charge is 0.0257 e. The van der Waals surface area contributed by atoms with Crippen LogP contribution in [0, 0.1) is 5.92 Å². The van der Waals surface area contributed by atoms with Crippen molar-refractivity contribution in [1.82, 2.24) is 0 Å². The Hall–Kier alpha value is -0.520. The predicted octanol–water partition coefficient (Wildman–Crippen LogP) is 3.55. The molecule has 0 unspecified atom stereocenters. The molecular weight excluding hydrogens is 120 g/mol. The van der Waals surface area contributed by atoms with Crippen LogP contribution in [0.5, 0.6) is 0 Å². The summed E-state index contributed by atoms with van der Waals surface area (Å²) in [7, 11) is 0. The Balaban J connectivity index is 4.04. The van der Waals surface area contributed by atoms with Gasteiger partial charge in [-0.2, -0.15) is 0 Å². The maximum absolute atomic E-state index is 2.23. The average molecular weight is 138 g/mol. The van der Waals surface area contributed by atoms with Crippen molar-refractivity contribution in [3.05, 3.63) is 23.8 Å². The van der Waals surface area contributed by atoms with Crippen LogP contribution in [0.25, 0.3) is 0 Å². The molecule has 0 aliphatic carbocycles. The van der Waals surface area contributed by atoms with Gasteiger partial charge in [0.05, 0.1) is 0 Å². The lowest BCUT2D eigenvalue weighted by molar-refractivity contribution is 0.732. The zero-order valence-corrected chi connectivity index (χ0v) is 7.52. The third kappa shape index (κ3) is 3.49. The molecule has 58 valence electrons. The van der Waals surface area contributed by atoms with E-state index in [9.17, 15) is 0 Å². The Morgan fingerprint density at radius 1 is 1.40 bits per heavy atom. The van der Waals surface area contributed by atoms with Crippen LogP contribution in [0.2, 0.25) is 0 Å². The van der Waals surface area contributed by atoms with E-state index in [1.54, 1.807) is 0 Å². The van der Waals surface area contributed by atoms with Crippen molar-refractivity contribution in [2.45, 2.75) is 34.1 Å². The standard InChI is InChI=1S/C10H18/c1-5-7-8-10(6-2)9(3)4/h5,7-9H,6H2,1-4H3. The maximum atomic E-state index is 2.23. The molecule has 0 saturated carbocycles. The molecule has 0 rings (SSSR count). The van der Waals surface area contributed by atoms with Crippen LogP contribution in [0.15, 0.2) is 23.8 Å². The van der Waals surface area contributed by atoms with Crippen molar-refractivity contribution in [2.24, 2.45) is 5.92 Å². The van der Waals surface area contributed by atoms with E-state index in [0.29, 0.717) is 5.92 Å². The van der Waals surface area contributed by atoms with Crippen molar-refractivity contribution >= 4 is 0 Å². The molecule has 0 spiro atoms. The van der Waals surface area contributed by atoms with Crippen molar-refractivity contribution in [3.8, 4) is 0 Å². The monoisotopic (exact) mass is 138 g/mol. The van der Waals surface area contributed by atoms with Crippen LogP contribution in [0.4, 0.5) is 0 Å². The van der Waals surface area contributed by atoms with E-state index in [4.69, 9.17) is 0 Å². The SMILES string of the molecule is CC=CC=C(CC)C(C)C. The maximum Gasteiger partial charge on any atom is -0.0257 e. The second kappa shape index (κ2) is 5.28. The van der Waals surface area contributed by atoms with E-state index < -0.39 is 0 Å². The Labute approximate surface area is 64.6 Å². The van der Waals surface area contributed by atoms with Gasteiger partial charge in [-0.1, -0.05) is 44.6 Å². The van der Waals surface area contributed by atoms with Gasteiger partial charge < -0.3 is 0 Å². The molecule has 0 aromatic heterocycles. The van der Waals surface area contributed by atoms with E-state index in [1.165, 1.54) is 12.0 Å². The fourth-order valence-corrected chi connectivity index (χ4v) is 0.938. The highest BCUT2D eigenvalue weighted by Crippen LogP contribution is 2.12. The highest BCUT2D eigenvalue weighted by molar-refractivity contribution is 5.13. The van der Waals surface area contributed by atoms with Crippen LogP contribution >= 0.6 is 0 Å². The molecular formula is C10H18. The molecule has 0 aliphatic rings. The molecule has 0 N–H and O–H groups in total. The Kier molecular flexibility index (Phi) is 5.00. The lowest BCUT2D eigenvalue weighted by Crippen LogP contribution is -1.90. The first kappa shape index (κ1) is 9.48. The van der Waals surface area contributed by atoms with Gasteiger partial charge in [-0.25, -0.2) is 0 Å². The second-order valence-corrected chi connectivity index (χ2v) is 2.78. The summed E-state index contributed by atoms with van der Waals surface area (Å²) in [6, 6.07) is 0. The molecule has 0 saturated heterocycles. The minimum Gasteiger partial charge on any atom is -0.0877 e. The average Bonchev–Trinajstić information content (AvgIpc) is 1.89. The third-order valence-corrected chi connectivity index (χ3v) is 1.65. The topological polar surface area (TPSA) is 0 Å². The summed E-state index contributed by atoms with van der Waals surface area (Å²) < 4.78 is 0. The van der Waals surface area contributed by atoms with E-state index in [2.05, 4.69) is 39.0 Å². The largest absolute Gasteiger partial charge is 0.0877 e. The summed E-state index contributed by atoms with van der Waals surface area (Å²) in [5.41, 5.74) is 1.53. The second-order valence-electron chi connectivity index (χ2n) is 2.78. The number of allylic oxidation sites excluding steroid dienone is 4. The molecule has 0 aliphatic heterocycles. The van der Waals surface area contributed by atoms with Crippen molar-refractivity contribution in [2.75, 3.05) is 0 Å². The van der Waals surface area contributed by atoms with Gasteiger partial charge in [-0.3, -0.25) is 0 Å². The van der Waals surface area contributed by atoms with E-state index >= 15 is 0 Å². The molecule has 0 radical (unpaired) electrons. The molecule has 0 heterocycles. The zero-order chi connectivity index (χ0) is 7.98. The highest BCUT2D eigenvalue weighted by Gasteiger charge is 1.96. The van der Waals surface area contributed by atoms with E-state index in [0.717, 1.165) is 0 Å². The predicted molar refractivity (Wildman–Crippen MR) is 48.0 cm³/mol. The van der Waals surface area contributed by atoms with Crippen molar-refractivity contribution < 1.29 is 0 Å². The van der Waals surface area contributed by atoms with Gasteiger partial charge in [0.1, 0.15) is 0 Å². The molecule has 0 nitrogen and oxygen atoms in total. The minimum atomic E-state index is 0.696. The quantitative estimate of drug-likeness (QED) is 0.523. The first-order valence-electron chi connectivity index (χ1n) is 4.04. The fourth-order valence-electron chi connectivity index (χ4n) is 0.938. The summed E-state index contributed by atoms with van der Waals surface area (Å²) >= 11 is 0. The normalized spacial score (nSPS) is 13.5. The summed E-state index contributed by atoms with van der Waals surface area (Å²) in [4.78, 5) is 0. The minimum absolute atomic E-state index is 0.696. The summed E-state index contributed by atoms with van der Waals surface area (Å²) in [5.74, 6) is 0.696. The lowest BCUT2D eigenvalue weighted by atomic mass is 10.0. The molecule has 0 fully saturated rings. The van der Waals surface area contributed by atoms with Crippen molar-refractivity contribution in [1.29, 1.82) is 0 Å². The van der Waals surface area contributed by atoms with Crippen LogP contribution in [-0.4, -0.2) is 0 Å². The van der Waals surface area contributed by atoms with Gasteiger partial charge >= 0.3 is 0 Å². The molecule has 0 aromatic carbocycles. The number of rotatable bonds is 3. The van der Waals surface area contributed by atoms with E-state index in [-0.39, 0.29) is 0 Å². The molecule has 0 bridgehead atoms. The first-order valence-corrected chi connectivity index (χ1v) is 4.04. The van der Waals surface area contributed by atoms with Gasteiger partial charge in [0.25, 0.3) is 0 Å². The Morgan fingerprint density at radius 2 is 2.00 bits per heavy atom. The summed E-state index contributed by atoms with van der Waals surface area (Å²) in [6.07, 6.45) is 7.56. The summed E-state index contributed by atoms with van der Waals surface area (Å²) in [5, 5.41) is 0. The van der Waals surface area contributed by atoms with Crippen LogP contribution in [0.3, 0.4) is 0 Å². The van der Waals surface area contributed by atoms with E-state index in [1.807, 2.05) is 6.92 Å². The summed E-state index contributed by atoms with van der Waals surface area (Å²) in [6.45, 7) is 8.72. The van der Waals surface area contributed by atoms with Crippen LogP contribution < -0.4 is 0 Å². The highest BCUT2D eigenvalue weighted by atomic mass is 14.0. The van der Waals surface area contributed by atoms with Gasteiger partial charge in [0, 0.05) is 0 Å². The zero-order valence-electron chi connectivity index (χ0n) is 7.52. The molecule has 10 heavy (non-hydrogen) atoms. The van der Waals surface area contributed by atoms with Gasteiger partial charge in [-0.05, 0) is 19.3 Å². The fraction of sp³-hybridized carbons (Fsp3) is 0.600. The van der Waals surface area contributed by atoms with Crippen molar-refractivity contribution in [3.63, 3.8) is 0 Å². The van der Waals surface area contributed by atoms with Gasteiger partial charge in [0.2, 0.25) is 0 Å². The first-order chi connectivity index (χ1) is 4.72. The molecule has 0 atom stereocenters. The Morgan fingerprint density at radius 3 is 2.30 bits per heavy atom. The van der Waals surface area contributed by atoms with Crippen LogP contribution in [-0.2, 0) is 0 Å². The van der Waals surface area contributed by atoms with Gasteiger partial charge in [-0.15, -0.1) is 0 Å². The number of hydrogen-bond donors (Lipinski definition) is 0.